The van der Waals surface area contributed by atoms with Crippen LogP contribution in [0.4, 0.5) is 5.88 Å². The molecular formula is C25H27N3O6. The summed E-state index contributed by atoms with van der Waals surface area (Å²) in [5.74, 6) is 0.179. The summed E-state index contributed by atoms with van der Waals surface area (Å²) >= 11 is 0. The SMILES string of the molecule is O=C(NO)c1ccc(OCCN(C(=O)C=CCN2CCOCC2)c2cc3ccccc3o2)cc1. The van der Waals surface area contributed by atoms with Crippen LogP contribution in [-0.2, 0) is 9.53 Å². The number of nitrogens with one attached hydrogen (secondary N) is 1. The van der Waals surface area contributed by atoms with Crippen molar-refractivity contribution in [1.82, 2.24) is 10.4 Å². The molecule has 0 aliphatic carbocycles. The van der Waals surface area contributed by atoms with Crippen molar-refractivity contribution in [3.05, 3.63) is 72.3 Å². The predicted octanol–water partition coefficient (Wildman–Crippen LogP) is 2.85. The minimum Gasteiger partial charge on any atom is -0.492 e. The number of rotatable bonds is 9. The van der Waals surface area contributed by atoms with E-state index in [9.17, 15) is 9.59 Å². The third-order valence-corrected chi connectivity index (χ3v) is 5.47. The fourth-order valence-electron chi connectivity index (χ4n) is 3.63. The van der Waals surface area contributed by atoms with Crippen molar-refractivity contribution in [2.45, 2.75) is 0 Å². The predicted molar refractivity (Wildman–Crippen MR) is 126 cm³/mol. The molecule has 4 rings (SSSR count). The number of amides is 2. The van der Waals surface area contributed by atoms with Gasteiger partial charge in [0, 0.05) is 42.7 Å². The van der Waals surface area contributed by atoms with Crippen LogP contribution in [-0.4, -0.2) is 67.9 Å². The summed E-state index contributed by atoms with van der Waals surface area (Å²) in [6.45, 7) is 4.25. The van der Waals surface area contributed by atoms with Gasteiger partial charge in [-0.05, 0) is 30.3 Å². The molecule has 3 aromatic rings. The second kappa shape index (κ2) is 11.5. The first-order valence-corrected chi connectivity index (χ1v) is 11.1. The number of benzene rings is 2. The average Bonchev–Trinajstić information content (AvgIpc) is 3.31. The van der Waals surface area contributed by atoms with Gasteiger partial charge in [0.05, 0.1) is 19.8 Å². The Hall–Kier alpha value is -3.66. The number of carbonyl (C=O) groups is 2. The van der Waals surface area contributed by atoms with Crippen LogP contribution in [0.2, 0.25) is 0 Å². The molecule has 0 atom stereocenters. The van der Waals surface area contributed by atoms with E-state index in [1.807, 2.05) is 36.4 Å². The highest BCUT2D eigenvalue weighted by atomic mass is 16.5. The van der Waals surface area contributed by atoms with Gasteiger partial charge in [0.2, 0.25) is 5.88 Å². The standard InChI is InChI=1S/C25H27N3O6/c29-23(6-3-11-27-12-15-32-16-13-27)28(24-18-20-4-1-2-5-22(20)34-24)14-17-33-21-9-7-19(8-10-21)25(30)26-31/h1-10,18,31H,11-17H2,(H,26,30). The van der Waals surface area contributed by atoms with Crippen LogP contribution in [0, 0.1) is 0 Å². The van der Waals surface area contributed by atoms with E-state index in [-0.39, 0.29) is 19.1 Å². The fraction of sp³-hybridized carbons (Fsp3) is 0.280. The molecule has 2 aromatic carbocycles. The zero-order valence-corrected chi connectivity index (χ0v) is 18.7. The quantitative estimate of drug-likeness (QED) is 0.284. The number of ether oxygens (including phenoxy) is 2. The lowest BCUT2D eigenvalue weighted by molar-refractivity contribution is -0.114. The molecule has 0 saturated carbocycles. The Labute approximate surface area is 197 Å². The van der Waals surface area contributed by atoms with Gasteiger partial charge < -0.3 is 13.9 Å². The molecule has 9 nitrogen and oxygen atoms in total. The molecule has 0 unspecified atom stereocenters. The van der Waals surface area contributed by atoms with E-state index in [0.29, 0.717) is 42.5 Å². The maximum Gasteiger partial charge on any atom is 0.274 e. The van der Waals surface area contributed by atoms with Gasteiger partial charge in [-0.15, -0.1) is 0 Å². The summed E-state index contributed by atoms with van der Waals surface area (Å²) in [6, 6.07) is 15.8. The monoisotopic (exact) mass is 465 g/mol. The van der Waals surface area contributed by atoms with Crippen LogP contribution in [0.15, 0.2) is 71.2 Å². The number of hydrogen-bond acceptors (Lipinski definition) is 7. The number of para-hydroxylation sites is 1. The lowest BCUT2D eigenvalue weighted by Gasteiger charge is -2.25. The van der Waals surface area contributed by atoms with Crippen LogP contribution >= 0.6 is 0 Å². The van der Waals surface area contributed by atoms with Gasteiger partial charge >= 0.3 is 0 Å². The molecule has 1 aliphatic rings. The second-order valence-corrected chi connectivity index (χ2v) is 7.74. The third-order valence-electron chi connectivity index (χ3n) is 5.47. The maximum absolute atomic E-state index is 13.1. The van der Waals surface area contributed by atoms with Crippen molar-refractivity contribution in [3.63, 3.8) is 0 Å². The molecule has 0 bridgehead atoms. The Morgan fingerprint density at radius 2 is 1.88 bits per heavy atom. The lowest BCUT2D eigenvalue weighted by Crippen LogP contribution is -2.36. The highest BCUT2D eigenvalue weighted by Crippen LogP contribution is 2.26. The molecule has 34 heavy (non-hydrogen) atoms. The van der Waals surface area contributed by atoms with Gasteiger partial charge in [0.25, 0.3) is 11.8 Å². The zero-order chi connectivity index (χ0) is 23.8. The van der Waals surface area contributed by atoms with E-state index in [1.165, 1.54) is 12.1 Å². The number of morpholine rings is 1. The normalized spacial score (nSPS) is 14.4. The molecule has 178 valence electrons. The van der Waals surface area contributed by atoms with Crippen LogP contribution in [0.5, 0.6) is 5.75 Å². The molecule has 1 fully saturated rings. The van der Waals surface area contributed by atoms with Gasteiger partial charge in [-0.1, -0.05) is 24.3 Å². The van der Waals surface area contributed by atoms with E-state index in [0.717, 1.165) is 18.5 Å². The number of hydroxylamine groups is 1. The molecule has 9 heteroatoms. The van der Waals surface area contributed by atoms with Gasteiger partial charge in [-0.25, -0.2) is 5.48 Å². The summed E-state index contributed by atoms with van der Waals surface area (Å²) in [4.78, 5) is 28.3. The number of nitrogens with zero attached hydrogens (tertiary/aromatic N) is 2. The minimum atomic E-state index is -0.600. The summed E-state index contributed by atoms with van der Waals surface area (Å²) in [5.41, 5.74) is 2.59. The molecular weight excluding hydrogens is 438 g/mol. The highest BCUT2D eigenvalue weighted by Gasteiger charge is 2.18. The number of furan rings is 1. The van der Waals surface area contributed by atoms with E-state index >= 15 is 0 Å². The Balaban J connectivity index is 1.42. The Morgan fingerprint density at radius 1 is 1.12 bits per heavy atom. The fourth-order valence-corrected chi connectivity index (χ4v) is 3.63. The molecule has 1 saturated heterocycles. The molecule has 1 aromatic heterocycles. The minimum absolute atomic E-state index is 0.203. The molecule has 2 amide bonds. The van der Waals surface area contributed by atoms with E-state index in [4.69, 9.17) is 19.1 Å². The first-order chi connectivity index (χ1) is 16.6. The second-order valence-electron chi connectivity index (χ2n) is 7.74. The van der Waals surface area contributed by atoms with Crippen LogP contribution in [0.1, 0.15) is 10.4 Å². The highest BCUT2D eigenvalue weighted by molar-refractivity contribution is 6.01. The van der Waals surface area contributed by atoms with Crippen LogP contribution < -0.4 is 15.1 Å². The zero-order valence-electron chi connectivity index (χ0n) is 18.7. The van der Waals surface area contributed by atoms with Crippen molar-refractivity contribution >= 4 is 28.7 Å². The van der Waals surface area contributed by atoms with Gasteiger partial charge in [-0.3, -0.25) is 24.6 Å². The number of fused-ring (bicyclic) bond motifs is 1. The van der Waals surface area contributed by atoms with Crippen molar-refractivity contribution in [3.8, 4) is 5.75 Å². The van der Waals surface area contributed by atoms with Crippen molar-refractivity contribution < 1.29 is 28.7 Å². The Morgan fingerprint density at radius 3 is 2.62 bits per heavy atom. The van der Waals surface area contributed by atoms with Crippen LogP contribution in [0.3, 0.4) is 0 Å². The van der Waals surface area contributed by atoms with E-state index in [1.54, 1.807) is 28.6 Å². The summed E-state index contributed by atoms with van der Waals surface area (Å²) in [6.07, 6.45) is 3.42. The first-order valence-electron chi connectivity index (χ1n) is 11.1. The average molecular weight is 466 g/mol. The maximum atomic E-state index is 13.1. The smallest absolute Gasteiger partial charge is 0.274 e. The van der Waals surface area contributed by atoms with Gasteiger partial charge in [0.1, 0.15) is 17.9 Å². The largest absolute Gasteiger partial charge is 0.492 e. The Bertz CT molecular complexity index is 1100. The topological polar surface area (TPSA) is 104 Å². The number of carbonyl (C=O) groups excluding carboxylic acids is 2. The van der Waals surface area contributed by atoms with Crippen molar-refractivity contribution in [2.75, 3.05) is 50.9 Å². The summed E-state index contributed by atoms with van der Waals surface area (Å²) < 4.78 is 17.1. The molecule has 2 heterocycles. The molecule has 0 radical (unpaired) electrons. The number of hydrogen-bond donors (Lipinski definition) is 2. The van der Waals surface area contributed by atoms with Gasteiger partial charge in [-0.2, -0.15) is 0 Å². The van der Waals surface area contributed by atoms with E-state index in [2.05, 4.69) is 4.90 Å². The molecule has 2 N–H and O–H groups in total. The first kappa shape index (κ1) is 23.5. The van der Waals surface area contributed by atoms with Gasteiger partial charge in [0.15, 0.2) is 0 Å². The molecule has 0 spiro atoms. The van der Waals surface area contributed by atoms with E-state index < -0.39 is 5.91 Å². The van der Waals surface area contributed by atoms with Crippen molar-refractivity contribution in [1.29, 1.82) is 0 Å². The third kappa shape index (κ3) is 6.02. The Kier molecular flexibility index (Phi) is 7.92. The summed E-state index contributed by atoms with van der Waals surface area (Å²) in [7, 11) is 0. The lowest BCUT2D eigenvalue weighted by atomic mass is 10.2. The summed E-state index contributed by atoms with van der Waals surface area (Å²) in [5, 5.41) is 9.63. The molecule has 1 aliphatic heterocycles. The van der Waals surface area contributed by atoms with Crippen molar-refractivity contribution in [2.24, 2.45) is 0 Å². The number of anilines is 1. The van der Waals surface area contributed by atoms with Crippen LogP contribution in [0.25, 0.3) is 11.0 Å².